The van der Waals surface area contributed by atoms with Gasteiger partial charge in [-0.15, -0.1) is 11.3 Å². The van der Waals surface area contributed by atoms with Crippen molar-refractivity contribution in [3.05, 3.63) is 46.5 Å². The van der Waals surface area contributed by atoms with Crippen LogP contribution in [-0.2, 0) is 17.8 Å². The van der Waals surface area contributed by atoms with Gasteiger partial charge in [0.05, 0.1) is 5.69 Å². The molecule has 3 rings (SSSR count). The fourth-order valence-electron chi connectivity index (χ4n) is 2.73. The van der Waals surface area contributed by atoms with Crippen LogP contribution < -0.4 is 4.90 Å². The Labute approximate surface area is 128 Å². The number of rotatable bonds is 4. The van der Waals surface area contributed by atoms with Crippen LogP contribution in [0, 0.1) is 0 Å². The Morgan fingerprint density at radius 2 is 2.19 bits per heavy atom. The van der Waals surface area contributed by atoms with Crippen molar-refractivity contribution >= 4 is 22.4 Å². The second kappa shape index (κ2) is 5.85. The molecule has 1 aromatic heterocycles. The molecule has 2 aromatic rings. The Morgan fingerprint density at radius 1 is 1.43 bits per heavy atom. The average molecular weight is 302 g/mol. The summed E-state index contributed by atoms with van der Waals surface area (Å²) in [5.74, 6) is -1.18. The molecule has 0 bridgehead atoms. The van der Waals surface area contributed by atoms with E-state index in [2.05, 4.69) is 22.0 Å². The van der Waals surface area contributed by atoms with Gasteiger partial charge in [-0.05, 0) is 24.8 Å². The Balaban J connectivity index is 1.82. The van der Waals surface area contributed by atoms with E-state index in [-0.39, 0.29) is 0 Å². The first-order valence-corrected chi connectivity index (χ1v) is 7.94. The minimum Gasteiger partial charge on any atom is -0.481 e. The third-order valence-electron chi connectivity index (χ3n) is 3.83. The predicted molar refractivity (Wildman–Crippen MR) is 84.0 cm³/mol. The lowest BCUT2D eigenvalue weighted by molar-refractivity contribution is -0.139. The van der Waals surface area contributed by atoms with Crippen LogP contribution in [0.2, 0.25) is 0 Å². The molecule has 4 nitrogen and oxygen atoms in total. The molecule has 1 heterocycles. The van der Waals surface area contributed by atoms with Gasteiger partial charge in [0.15, 0.2) is 5.13 Å². The third-order valence-corrected chi connectivity index (χ3v) is 5.08. The molecule has 0 radical (unpaired) electrons. The summed E-state index contributed by atoms with van der Waals surface area (Å²) in [6, 6.07) is 10.2. The molecule has 1 aliphatic carbocycles. The van der Waals surface area contributed by atoms with Crippen LogP contribution in [0.15, 0.2) is 30.3 Å². The number of aryl methyl sites for hydroxylation is 1. The molecule has 0 saturated carbocycles. The van der Waals surface area contributed by atoms with Crippen molar-refractivity contribution in [1.82, 2.24) is 4.98 Å². The largest absolute Gasteiger partial charge is 0.481 e. The van der Waals surface area contributed by atoms with Crippen LogP contribution in [0.1, 0.15) is 34.9 Å². The van der Waals surface area contributed by atoms with Crippen molar-refractivity contribution in [2.75, 3.05) is 11.9 Å². The number of aliphatic carboxylic acids is 1. The van der Waals surface area contributed by atoms with E-state index in [1.54, 1.807) is 11.3 Å². The lowest BCUT2D eigenvalue weighted by Gasteiger charge is -2.16. The number of thiazole rings is 1. The van der Waals surface area contributed by atoms with Crippen LogP contribution in [0.25, 0.3) is 0 Å². The second-order valence-corrected chi connectivity index (χ2v) is 6.49. The van der Waals surface area contributed by atoms with E-state index in [4.69, 9.17) is 0 Å². The summed E-state index contributed by atoms with van der Waals surface area (Å²) in [6.07, 6.45) is 2.60. The molecule has 5 heteroatoms. The summed E-state index contributed by atoms with van der Waals surface area (Å²) in [7, 11) is 2.01. The quantitative estimate of drug-likeness (QED) is 0.941. The zero-order valence-electron chi connectivity index (χ0n) is 12.0. The Bertz CT molecular complexity index is 639. The van der Waals surface area contributed by atoms with Crippen molar-refractivity contribution < 1.29 is 9.90 Å². The maximum absolute atomic E-state index is 11.3. The predicted octanol–water partition coefficient (Wildman–Crippen LogP) is 3.28. The number of nitrogens with zero attached hydrogens (tertiary/aromatic N) is 2. The highest BCUT2D eigenvalue weighted by molar-refractivity contribution is 7.15. The van der Waals surface area contributed by atoms with E-state index in [0.29, 0.717) is 6.42 Å². The molecule has 1 atom stereocenters. The minimum atomic E-state index is -0.751. The fourth-order valence-corrected chi connectivity index (χ4v) is 3.86. The highest BCUT2D eigenvalue weighted by Crippen LogP contribution is 2.38. The summed E-state index contributed by atoms with van der Waals surface area (Å²) in [4.78, 5) is 19.2. The van der Waals surface area contributed by atoms with Gasteiger partial charge in [0.1, 0.15) is 5.92 Å². The molecule has 0 spiro atoms. The molecule has 1 aromatic carbocycles. The smallest absolute Gasteiger partial charge is 0.312 e. The highest BCUT2D eigenvalue weighted by Gasteiger charge is 2.30. The van der Waals surface area contributed by atoms with Crippen molar-refractivity contribution in [2.45, 2.75) is 31.7 Å². The maximum Gasteiger partial charge on any atom is 0.312 e. The summed E-state index contributed by atoms with van der Waals surface area (Å²) < 4.78 is 0. The van der Waals surface area contributed by atoms with Crippen molar-refractivity contribution in [3.8, 4) is 0 Å². The zero-order valence-corrected chi connectivity index (χ0v) is 12.8. The Morgan fingerprint density at radius 3 is 2.90 bits per heavy atom. The van der Waals surface area contributed by atoms with Gasteiger partial charge < -0.3 is 10.0 Å². The topological polar surface area (TPSA) is 53.4 Å². The van der Waals surface area contributed by atoms with Gasteiger partial charge in [-0.25, -0.2) is 4.98 Å². The van der Waals surface area contributed by atoms with E-state index >= 15 is 0 Å². The monoisotopic (exact) mass is 302 g/mol. The van der Waals surface area contributed by atoms with Gasteiger partial charge in [0, 0.05) is 18.5 Å². The van der Waals surface area contributed by atoms with E-state index in [0.717, 1.165) is 35.1 Å². The number of benzene rings is 1. The molecular weight excluding hydrogens is 284 g/mol. The number of hydrogen-bond acceptors (Lipinski definition) is 4. The fraction of sp³-hybridized carbons (Fsp3) is 0.375. The first-order chi connectivity index (χ1) is 10.1. The number of aromatic nitrogens is 1. The van der Waals surface area contributed by atoms with E-state index in [9.17, 15) is 9.90 Å². The number of carboxylic acid groups (broad SMARTS) is 1. The van der Waals surface area contributed by atoms with E-state index in [1.165, 1.54) is 5.56 Å². The molecule has 0 saturated heterocycles. The maximum atomic E-state index is 11.3. The summed E-state index contributed by atoms with van der Waals surface area (Å²) >= 11 is 1.64. The molecule has 1 unspecified atom stereocenters. The lowest BCUT2D eigenvalue weighted by atomic mass is 9.91. The first-order valence-electron chi connectivity index (χ1n) is 7.12. The summed E-state index contributed by atoms with van der Waals surface area (Å²) in [5.41, 5.74) is 2.01. The Hall–Kier alpha value is -1.88. The highest BCUT2D eigenvalue weighted by atomic mass is 32.1. The van der Waals surface area contributed by atoms with Gasteiger partial charge in [0.25, 0.3) is 0 Å². The van der Waals surface area contributed by atoms with Gasteiger partial charge in [0.2, 0.25) is 0 Å². The molecule has 0 amide bonds. The minimum absolute atomic E-state index is 0.427. The standard InChI is InChI=1S/C16H18N2O2S/c1-18(10-11-6-3-2-4-7-11)16-17-14-12(15(19)20)8-5-9-13(14)21-16/h2-4,6-7,12H,5,8-10H2,1H3,(H,19,20). The molecule has 21 heavy (non-hydrogen) atoms. The van der Waals surface area contributed by atoms with Crippen LogP contribution in [-0.4, -0.2) is 23.1 Å². The van der Waals surface area contributed by atoms with Crippen LogP contribution in [0.4, 0.5) is 5.13 Å². The van der Waals surface area contributed by atoms with Crippen molar-refractivity contribution in [1.29, 1.82) is 0 Å². The number of carboxylic acids is 1. The average Bonchev–Trinajstić information content (AvgIpc) is 2.92. The van der Waals surface area contributed by atoms with E-state index < -0.39 is 11.9 Å². The van der Waals surface area contributed by atoms with Crippen LogP contribution >= 0.6 is 11.3 Å². The molecule has 110 valence electrons. The van der Waals surface area contributed by atoms with E-state index in [1.807, 2.05) is 25.2 Å². The number of anilines is 1. The molecule has 1 N–H and O–H groups in total. The first kappa shape index (κ1) is 14.1. The molecule has 0 fully saturated rings. The van der Waals surface area contributed by atoms with Gasteiger partial charge in [-0.2, -0.15) is 0 Å². The lowest BCUT2D eigenvalue weighted by Crippen LogP contribution is -2.18. The zero-order chi connectivity index (χ0) is 14.8. The van der Waals surface area contributed by atoms with Crippen LogP contribution in [0.5, 0.6) is 0 Å². The van der Waals surface area contributed by atoms with Gasteiger partial charge >= 0.3 is 5.97 Å². The van der Waals surface area contributed by atoms with Crippen molar-refractivity contribution in [2.24, 2.45) is 0 Å². The number of carbonyl (C=O) groups is 1. The summed E-state index contributed by atoms with van der Waals surface area (Å²) in [5, 5.41) is 10.2. The second-order valence-electron chi connectivity index (χ2n) is 5.43. The van der Waals surface area contributed by atoms with Gasteiger partial charge in [-0.1, -0.05) is 30.3 Å². The van der Waals surface area contributed by atoms with Crippen molar-refractivity contribution in [3.63, 3.8) is 0 Å². The Kier molecular flexibility index (Phi) is 3.92. The molecule has 1 aliphatic rings. The summed E-state index contributed by atoms with van der Waals surface area (Å²) in [6.45, 7) is 0.783. The normalized spacial score (nSPS) is 17.3. The molecular formula is C16H18N2O2S. The third kappa shape index (κ3) is 2.93. The number of fused-ring (bicyclic) bond motifs is 1. The van der Waals surface area contributed by atoms with Crippen LogP contribution in [0.3, 0.4) is 0 Å². The number of hydrogen-bond donors (Lipinski definition) is 1. The SMILES string of the molecule is CN(Cc1ccccc1)c1nc2c(s1)CCCC2C(=O)O. The molecule has 0 aliphatic heterocycles. The van der Waals surface area contributed by atoms with Gasteiger partial charge in [-0.3, -0.25) is 4.79 Å².